The number of hydrogen-bond acceptors (Lipinski definition) is 5. The van der Waals surface area contributed by atoms with E-state index in [1.165, 1.54) is 14.2 Å². The van der Waals surface area contributed by atoms with Gasteiger partial charge in [-0.3, -0.25) is 4.79 Å². The minimum absolute atomic E-state index is 0.0658. The van der Waals surface area contributed by atoms with Crippen LogP contribution in [0.3, 0.4) is 0 Å². The molecular weight excluding hydrogens is 236 g/mol. The van der Waals surface area contributed by atoms with Gasteiger partial charge in [0.05, 0.1) is 19.6 Å². The van der Waals surface area contributed by atoms with Gasteiger partial charge in [0.2, 0.25) is 5.79 Å². The first kappa shape index (κ1) is 11.9. The zero-order chi connectivity index (χ0) is 13.1. The van der Waals surface area contributed by atoms with Crippen LogP contribution in [0.2, 0.25) is 0 Å². The zero-order valence-corrected chi connectivity index (χ0v) is 10.6. The van der Waals surface area contributed by atoms with E-state index in [1.807, 2.05) is 6.92 Å². The monoisotopic (exact) mass is 252 g/mol. The third-order valence-electron chi connectivity index (χ3n) is 4.63. The predicted molar refractivity (Wildman–Crippen MR) is 60.4 cm³/mol. The van der Waals surface area contributed by atoms with Crippen molar-refractivity contribution in [3.63, 3.8) is 0 Å². The van der Waals surface area contributed by atoms with Gasteiger partial charge in [-0.2, -0.15) is 0 Å². The molecule has 1 heterocycles. The smallest absolute Gasteiger partial charge is 0.333 e. The lowest BCUT2D eigenvalue weighted by molar-refractivity contribution is -0.218. The van der Waals surface area contributed by atoms with Crippen molar-refractivity contribution in [3.05, 3.63) is 11.6 Å². The number of carbonyl (C=O) groups excluding carboxylic acids is 2. The highest BCUT2D eigenvalue weighted by atomic mass is 16.7. The first-order chi connectivity index (χ1) is 8.56. The SMILES string of the molecule is COC(=O)C1=C[C@H]2C(=O)[C@]3(OC)OC[C@H]([C@H]2C)[C@H]13. The topological polar surface area (TPSA) is 61.8 Å². The Balaban J connectivity index is 2.14. The summed E-state index contributed by atoms with van der Waals surface area (Å²) in [6.07, 6.45) is 1.74. The average Bonchev–Trinajstić information content (AvgIpc) is 2.76. The molecule has 3 aliphatic carbocycles. The summed E-state index contributed by atoms with van der Waals surface area (Å²) in [6.45, 7) is 2.48. The van der Waals surface area contributed by atoms with Crippen LogP contribution in [0.5, 0.6) is 0 Å². The van der Waals surface area contributed by atoms with Crippen LogP contribution >= 0.6 is 0 Å². The third kappa shape index (κ3) is 1.14. The molecule has 18 heavy (non-hydrogen) atoms. The van der Waals surface area contributed by atoms with Crippen molar-refractivity contribution < 1.29 is 23.8 Å². The zero-order valence-electron chi connectivity index (χ0n) is 10.6. The van der Waals surface area contributed by atoms with Gasteiger partial charge in [-0.1, -0.05) is 13.0 Å². The standard InChI is InChI=1S/C13H16O5/c1-6-7-4-8(12(15)16-2)10-9(6)5-18-13(10,17-3)11(7)14/h4,6-7,9-10H,5H2,1-3H3/t6-,7+,9+,10-,13+/m0/s1. The summed E-state index contributed by atoms with van der Waals surface area (Å²) < 4.78 is 15.8. The van der Waals surface area contributed by atoms with Gasteiger partial charge in [0, 0.05) is 18.6 Å². The van der Waals surface area contributed by atoms with E-state index < -0.39 is 5.79 Å². The number of ether oxygens (including phenoxy) is 3. The molecule has 4 rings (SSSR count). The molecule has 4 bridgehead atoms. The van der Waals surface area contributed by atoms with Crippen LogP contribution in [0.1, 0.15) is 6.92 Å². The summed E-state index contributed by atoms with van der Waals surface area (Å²) in [4.78, 5) is 24.3. The minimum Gasteiger partial charge on any atom is -0.466 e. The van der Waals surface area contributed by atoms with Crippen LogP contribution in [0, 0.1) is 23.7 Å². The number of methoxy groups -OCH3 is 2. The number of hydrogen-bond donors (Lipinski definition) is 0. The summed E-state index contributed by atoms with van der Waals surface area (Å²) in [6, 6.07) is 0. The van der Waals surface area contributed by atoms with Gasteiger partial charge in [0.25, 0.3) is 0 Å². The molecule has 1 aliphatic heterocycles. The van der Waals surface area contributed by atoms with Crippen LogP contribution in [0.25, 0.3) is 0 Å². The lowest BCUT2D eigenvalue weighted by Gasteiger charge is -2.47. The van der Waals surface area contributed by atoms with E-state index in [1.54, 1.807) is 6.08 Å². The van der Waals surface area contributed by atoms with Crippen molar-refractivity contribution >= 4 is 11.8 Å². The molecule has 0 aromatic rings. The Morgan fingerprint density at radius 1 is 1.50 bits per heavy atom. The highest BCUT2D eigenvalue weighted by Crippen LogP contribution is 2.57. The Morgan fingerprint density at radius 3 is 2.83 bits per heavy atom. The van der Waals surface area contributed by atoms with E-state index in [0.29, 0.717) is 12.2 Å². The van der Waals surface area contributed by atoms with Gasteiger partial charge in [-0.15, -0.1) is 0 Å². The van der Waals surface area contributed by atoms with E-state index in [4.69, 9.17) is 14.2 Å². The van der Waals surface area contributed by atoms with Crippen molar-refractivity contribution in [3.8, 4) is 0 Å². The summed E-state index contributed by atoms with van der Waals surface area (Å²) in [7, 11) is 2.81. The lowest BCUT2D eigenvalue weighted by atomic mass is 9.58. The third-order valence-corrected chi connectivity index (χ3v) is 4.63. The number of ketones is 1. The van der Waals surface area contributed by atoms with Gasteiger partial charge in [-0.05, 0) is 11.8 Å². The molecule has 0 N–H and O–H groups in total. The van der Waals surface area contributed by atoms with E-state index in [0.717, 1.165) is 0 Å². The Bertz CT molecular complexity index is 454. The maximum absolute atomic E-state index is 12.4. The second-order valence-electron chi connectivity index (χ2n) is 5.19. The largest absolute Gasteiger partial charge is 0.466 e. The Kier molecular flexibility index (Phi) is 2.40. The first-order valence-electron chi connectivity index (χ1n) is 6.10. The Morgan fingerprint density at radius 2 is 2.22 bits per heavy atom. The number of esters is 1. The quantitative estimate of drug-likeness (QED) is 0.671. The number of Topliss-reactive ketones (excluding diaryl/α,β-unsaturated/α-hetero) is 1. The molecule has 0 amide bonds. The van der Waals surface area contributed by atoms with Gasteiger partial charge in [-0.25, -0.2) is 4.79 Å². The summed E-state index contributed by atoms with van der Waals surface area (Å²) in [5, 5.41) is 0. The van der Waals surface area contributed by atoms with Crippen molar-refractivity contribution in [1.29, 1.82) is 0 Å². The highest BCUT2D eigenvalue weighted by Gasteiger charge is 2.68. The fourth-order valence-corrected chi connectivity index (χ4v) is 3.66. The van der Waals surface area contributed by atoms with Gasteiger partial charge in [0.15, 0.2) is 5.78 Å². The molecule has 0 aromatic carbocycles. The molecule has 98 valence electrons. The maximum Gasteiger partial charge on any atom is 0.333 e. The van der Waals surface area contributed by atoms with Crippen molar-refractivity contribution in [2.24, 2.45) is 23.7 Å². The van der Waals surface area contributed by atoms with E-state index in [9.17, 15) is 9.59 Å². The molecule has 5 nitrogen and oxygen atoms in total. The van der Waals surface area contributed by atoms with Crippen LogP contribution in [0.4, 0.5) is 0 Å². The second-order valence-corrected chi connectivity index (χ2v) is 5.19. The molecule has 0 spiro atoms. The molecule has 0 unspecified atom stereocenters. The molecule has 0 radical (unpaired) electrons. The van der Waals surface area contributed by atoms with Crippen molar-refractivity contribution in [2.45, 2.75) is 12.7 Å². The number of allylic oxidation sites excluding steroid dienone is 1. The second kappa shape index (κ2) is 3.65. The number of rotatable bonds is 2. The molecule has 0 aromatic heterocycles. The fraction of sp³-hybridized carbons (Fsp3) is 0.692. The van der Waals surface area contributed by atoms with Gasteiger partial charge >= 0.3 is 5.97 Å². The Hall–Kier alpha value is -1.20. The molecule has 5 heteroatoms. The molecule has 1 saturated heterocycles. The molecule has 4 aliphatic rings. The summed E-state index contributed by atoms with van der Waals surface area (Å²) in [5.74, 6) is -2.03. The number of carbonyl (C=O) groups is 2. The molecule has 5 atom stereocenters. The summed E-state index contributed by atoms with van der Waals surface area (Å²) in [5.41, 5.74) is 0.532. The van der Waals surface area contributed by atoms with Crippen molar-refractivity contribution in [1.82, 2.24) is 0 Å². The summed E-state index contributed by atoms with van der Waals surface area (Å²) >= 11 is 0. The minimum atomic E-state index is -1.26. The van der Waals surface area contributed by atoms with Crippen LogP contribution in [-0.4, -0.2) is 38.4 Å². The predicted octanol–water partition coefficient (Wildman–Crippen LogP) is 0.540. The van der Waals surface area contributed by atoms with Gasteiger partial charge in [0.1, 0.15) is 0 Å². The molecule has 1 saturated carbocycles. The lowest BCUT2D eigenvalue weighted by Crippen LogP contribution is -2.59. The normalized spacial score (nSPS) is 45.1. The van der Waals surface area contributed by atoms with E-state index in [-0.39, 0.29) is 35.4 Å². The van der Waals surface area contributed by atoms with Crippen LogP contribution in [0.15, 0.2) is 11.6 Å². The maximum atomic E-state index is 12.4. The molecule has 2 fully saturated rings. The van der Waals surface area contributed by atoms with E-state index >= 15 is 0 Å². The average molecular weight is 252 g/mol. The van der Waals surface area contributed by atoms with Crippen molar-refractivity contribution in [2.75, 3.05) is 20.8 Å². The molecular formula is C13H16O5. The van der Waals surface area contributed by atoms with E-state index in [2.05, 4.69) is 0 Å². The highest BCUT2D eigenvalue weighted by molar-refractivity contribution is 6.00. The fourth-order valence-electron chi connectivity index (χ4n) is 3.66. The van der Waals surface area contributed by atoms with Crippen LogP contribution in [-0.2, 0) is 23.8 Å². The Labute approximate surface area is 105 Å². The van der Waals surface area contributed by atoms with Gasteiger partial charge < -0.3 is 14.2 Å². The van der Waals surface area contributed by atoms with Crippen LogP contribution < -0.4 is 0 Å². The first-order valence-corrected chi connectivity index (χ1v) is 6.10.